The van der Waals surface area contributed by atoms with E-state index in [0.717, 1.165) is 31.5 Å². The first-order valence-corrected chi connectivity index (χ1v) is 8.35. The Hall–Kier alpha value is -1.39. The Labute approximate surface area is 133 Å². The molecule has 0 aliphatic carbocycles. The summed E-state index contributed by atoms with van der Waals surface area (Å²) in [6, 6.07) is 5.60. The lowest BCUT2D eigenvalue weighted by atomic mass is 9.97. The van der Waals surface area contributed by atoms with E-state index >= 15 is 0 Å². The topological polar surface area (TPSA) is 33.2 Å². The van der Waals surface area contributed by atoms with E-state index in [9.17, 15) is 4.79 Å². The Kier molecular flexibility index (Phi) is 4.27. The molecule has 2 aromatic rings. The van der Waals surface area contributed by atoms with Gasteiger partial charge in [0.15, 0.2) is 0 Å². The van der Waals surface area contributed by atoms with Crippen molar-refractivity contribution in [2.75, 3.05) is 13.1 Å². The van der Waals surface area contributed by atoms with Crippen LogP contribution in [0.1, 0.15) is 39.7 Å². The molecular formula is C16H17ClN2OS. The molecule has 1 aliphatic heterocycles. The number of halogens is 1. The highest BCUT2D eigenvalue weighted by Crippen LogP contribution is 2.30. The van der Waals surface area contributed by atoms with Crippen molar-refractivity contribution in [2.45, 2.75) is 25.7 Å². The molecule has 3 nitrogen and oxygen atoms in total. The van der Waals surface area contributed by atoms with Crippen LogP contribution in [-0.4, -0.2) is 28.9 Å². The second-order valence-corrected chi connectivity index (χ2v) is 6.75. The van der Waals surface area contributed by atoms with Gasteiger partial charge in [0.05, 0.1) is 15.6 Å². The Morgan fingerprint density at radius 1 is 1.38 bits per heavy atom. The highest BCUT2D eigenvalue weighted by Gasteiger charge is 2.26. The van der Waals surface area contributed by atoms with Crippen molar-refractivity contribution in [3.05, 3.63) is 50.9 Å². The van der Waals surface area contributed by atoms with Crippen molar-refractivity contribution < 1.29 is 4.79 Å². The molecule has 1 aliphatic rings. The van der Waals surface area contributed by atoms with E-state index in [1.807, 2.05) is 41.6 Å². The third-order valence-electron chi connectivity index (χ3n) is 3.94. The van der Waals surface area contributed by atoms with Crippen molar-refractivity contribution in [2.24, 2.45) is 0 Å². The third-order valence-corrected chi connectivity index (χ3v) is 5.19. The first kappa shape index (κ1) is 14.5. The number of hydrogen-bond acceptors (Lipinski definition) is 3. The maximum Gasteiger partial charge on any atom is 0.255 e. The SMILES string of the molecule is Cc1ccc(C(=O)N2CCC(c3nccs3)CC2)c(Cl)c1. The summed E-state index contributed by atoms with van der Waals surface area (Å²) >= 11 is 7.90. The van der Waals surface area contributed by atoms with Gasteiger partial charge in [-0.3, -0.25) is 4.79 Å². The molecule has 110 valence electrons. The number of likely N-dealkylation sites (tertiary alicyclic amines) is 1. The molecule has 1 amide bonds. The van der Waals surface area contributed by atoms with Crippen LogP contribution in [0.15, 0.2) is 29.8 Å². The van der Waals surface area contributed by atoms with Gasteiger partial charge in [-0.15, -0.1) is 11.3 Å². The zero-order chi connectivity index (χ0) is 14.8. The first-order valence-electron chi connectivity index (χ1n) is 7.10. The number of rotatable bonds is 2. The van der Waals surface area contributed by atoms with Crippen molar-refractivity contribution in [3.63, 3.8) is 0 Å². The molecule has 0 bridgehead atoms. The minimum atomic E-state index is 0.0394. The zero-order valence-corrected chi connectivity index (χ0v) is 13.5. The summed E-state index contributed by atoms with van der Waals surface area (Å²) in [6.45, 7) is 3.51. The second kappa shape index (κ2) is 6.16. The summed E-state index contributed by atoms with van der Waals surface area (Å²) < 4.78 is 0. The fraction of sp³-hybridized carbons (Fsp3) is 0.375. The molecule has 1 aromatic carbocycles. The van der Waals surface area contributed by atoms with Gasteiger partial charge in [0, 0.05) is 30.6 Å². The van der Waals surface area contributed by atoms with E-state index in [0.29, 0.717) is 16.5 Å². The molecule has 21 heavy (non-hydrogen) atoms. The lowest BCUT2D eigenvalue weighted by Crippen LogP contribution is -2.38. The maximum atomic E-state index is 12.6. The van der Waals surface area contributed by atoms with E-state index in [2.05, 4.69) is 4.98 Å². The zero-order valence-electron chi connectivity index (χ0n) is 11.9. The number of amides is 1. The Morgan fingerprint density at radius 3 is 2.76 bits per heavy atom. The van der Waals surface area contributed by atoms with Gasteiger partial charge in [-0.25, -0.2) is 4.98 Å². The maximum absolute atomic E-state index is 12.6. The fourth-order valence-electron chi connectivity index (χ4n) is 2.73. The van der Waals surface area contributed by atoms with Gasteiger partial charge in [-0.1, -0.05) is 17.7 Å². The summed E-state index contributed by atoms with van der Waals surface area (Å²) in [5.74, 6) is 0.528. The van der Waals surface area contributed by atoms with Crippen LogP contribution >= 0.6 is 22.9 Å². The Bertz CT molecular complexity index is 634. The van der Waals surface area contributed by atoms with Crippen LogP contribution in [0.25, 0.3) is 0 Å². The van der Waals surface area contributed by atoms with E-state index in [1.54, 1.807) is 11.3 Å². The molecule has 0 unspecified atom stereocenters. The van der Waals surface area contributed by atoms with E-state index in [-0.39, 0.29) is 5.91 Å². The monoisotopic (exact) mass is 320 g/mol. The normalized spacial score (nSPS) is 16.2. The minimum absolute atomic E-state index is 0.0394. The third kappa shape index (κ3) is 3.11. The Morgan fingerprint density at radius 2 is 2.14 bits per heavy atom. The smallest absolute Gasteiger partial charge is 0.255 e. The van der Waals surface area contributed by atoms with Crippen molar-refractivity contribution in [1.29, 1.82) is 0 Å². The summed E-state index contributed by atoms with van der Waals surface area (Å²) in [6.07, 6.45) is 3.80. The van der Waals surface area contributed by atoms with Gasteiger partial charge in [-0.05, 0) is 37.5 Å². The number of hydrogen-bond donors (Lipinski definition) is 0. The fourth-order valence-corrected chi connectivity index (χ4v) is 3.86. The molecule has 0 saturated carbocycles. The molecule has 3 rings (SSSR count). The number of piperidine rings is 1. The van der Waals surface area contributed by atoms with E-state index in [4.69, 9.17) is 11.6 Å². The summed E-state index contributed by atoms with van der Waals surface area (Å²) in [7, 11) is 0. The van der Waals surface area contributed by atoms with Crippen molar-refractivity contribution in [3.8, 4) is 0 Å². The van der Waals surface area contributed by atoms with Crippen LogP contribution in [0.4, 0.5) is 0 Å². The largest absolute Gasteiger partial charge is 0.339 e. The van der Waals surface area contributed by atoms with E-state index in [1.165, 1.54) is 5.01 Å². The average Bonchev–Trinajstić information content (AvgIpc) is 3.01. The number of aryl methyl sites for hydroxylation is 1. The number of benzene rings is 1. The molecule has 0 spiro atoms. The number of carbonyl (C=O) groups is 1. The highest BCUT2D eigenvalue weighted by molar-refractivity contribution is 7.09. The summed E-state index contributed by atoms with van der Waals surface area (Å²) in [5, 5.41) is 3.75. The quantitative estimate of drug-likeness (QED) is 0.833. The van der Waals surface area contributed by atoms with Crippen molar-refractivity contribution in [1.82, 2.24) is 9.88 Å². The molecule has 2 heterocycles. The van der Waals surface area contributed by atoms with Crippen LogP contribution < -0.4 is 0 Å². The molecular weight excluding hydrogens is 304 g/mol. The van der Waals surface area contributed by atoms with Gasteiger partial charge in [0.1, 0.15) is 0 Å². The number of thiazole rings is 1. The summed E-state index contributed by atoms with van der Waals surface area (Å²) in [5.41, 5.74) is 1.67. The van der Waals surface area contributed by atoms with Gasteiger partial charge in [-0.2, -0.15) is 0 Å². The Balaban J connectivity index is 1.67. The average molecular weight is 321 g/mol. The van der Waals surface area contributed by atoms with Gasteiger partial charge in [0.2, 0.25) is 0 Å². The van der Waals surface area contributed by atoms with Crippen LogP contribution in [0.3, 0.4) is 0 Å². The standard InChI is InChI=1S/C16H17ClN2OS/c1-11-2-3-13(14(17)10-11)16(20)19-7-4-12(5-8-19)15-18-6-9-21-15/h2-3,6,9-10,12H,4-5,7-8H2,1H3. The second-order valence-electron chi connectivity index (χ2n) is 5.42. The predicted molar refractivity (Wildman–Crippen MR) is 86.2 cm³/mol. The number of carbonyl (C=O) groups excluding carboxylic acids is 1. The molecule has 0 atom stereocenters. The van der Waals surface area contributed by atoms with Gasteiger partial charge >= 0.3 is 0 Å². The number of nitrogens with zero attached hydrogens (tertiary/aromatic N) is 2. The molecule has 1 aromatic heterocycles. The lowest BCUT2D eigenvalue weighted by molar-refractivity contribution is 0.0713. The van der Waals surface area contributed by atoms with Crippen LogP contribution in [0, 0.1) is 6.92 Å². The first-order chi connectivity index (χ1) is 10.1. The summed E-state index contributed by atoms with van der Waals surface area (Å²) in [4.78, 5) is 18.8. The molecule has 1 saturated heterocycles. The molecule has 0 radical (unpaired) electrons. The van der Waals surface area contributed by atoms with Gasteiger partial charge < -0.3 is 4.90 Å². The number of aromatic nitrogens is 1. The van der Waals surface area contributed by atoms with Crippen molar-refractivity contribution >= 4 is 28.8 Å². The van der Waals surface area contributed by atoms with Crippen LogP contribution in [-0.2, 0) is 0 Å². The highest BCUT2D eigenvalue weighted by atomic mass is 35.5. The predicted octanol–water partition coefficient (Wildman–Crippen LogP) is 4.12. The van der Waals surface area contributed by atoms with Gasteiger partial charge in [0.25, 0.3) is 5.91 Å². The molecule has 0 N–H and O–H groups in total. The molecule has 5 heteroatoms. The van der Waals surface area contributed by atoms with E-state index < -0.39 is 0 Å². The van der Waals surface area contributed by atoms with Crippen LogP contribution in [0.5, 0.6) is 0 Å². The molecule has 1 fully saturated rings. The minimum Gasteiger partial charge on any atom is -0.339 e. The lowest BCUT2D eigenvalue weighted by Gasteiger charge is -2.31. The van der Waals surface area contributed by atoms with Crippen LogP contribution in [0.2, 0.25) is 5.02 Å².